The van der Waals surface area contributed by atoms with Crippen molar-refractivity contribution in [1.29, 1.82) is 0 Å². The Bertz CT molecular complexity index is 276. The van der Waals surface area contributed by atoms with Gasteiger partial charge in [-0.2, -0.15) is 0 Å². The van der Waals surface area contributed by atoms with Gasteiger partial charge in [0.2, 0.25) is 0 Å². The molecule has 0 aromatic heterocycles. The molecule has 1 atom stereocenters. The molecule has 0 aromatic rings. The SMILES string of the molecule is O=C1NC2C=CC=CC2=CO1. The van der Waals surface area contributed by atoms with E-state index in [1.165, 1.54) is 6.26 Å². The minimum absolute atomic E-state index is 0.00116. The van der Waals surface area contributed by atoms with Gasteiger partial charge in [-0.15, -0.1) is 0 Å². The first-order valence-corrected chi connectivity index (χ1v) is 3.38. The van der Waals surface area contributed by atoms with E-state index in [0.29, 0.717) is 0 Å². The second-order valence-electron chi connectivity index (χ2n) is 2.39. The van der Waals surface area contributed by atoms with Crippen molar-refractivity contribution in [2.24, 2.45) is 0 Å². The van der Waals surface area contributed by atoms with Crippen LogP contribution in [0.3, 0.4) is 0 Å². The Kier molecular flexibility index (Phi) is 1.28. The number of ether oxygens (including phenoxy) is 1. The molecule has 1 unspecified atom stereocenters. The highest BCUT2D eigenvalue weighted by molar-refractivity contribution is 5.71. The third kappa shape index (κ3) is 1.05. The van der Waals surface area contributed by atoms with Gasteiger partial charge in [-0.3, -0.25) is 0 Å². The lowest BCUT2D eigenvalue weighted by molar-refractivity contribution is 0.178. The molecule has 1 aliphatic carbocycles. The van der Waals surface area contributed by atoms with Gasteiger partial charge in [0, 0.05) is 5.57 Å². The summed E-state index contributed by atoms with van der Waals surface area (Å²) in [5, 5.41) is 2.65. The molecule has 1 N–H and O–H groups in total. The fourth-order valence-corrected chi connectivity index (χ4v) is 1.08. The summed E-state index contributed by atoms with van der Waals surface area (Å²) in [5.41, 5.74) is 0.979. The minimum Gasteiger partial charge on any atom is -0.418 e. The number of carbonyl (C=O) groups is 1. The van der Waals surface area contributed by atoms with Gasteiger partial charge in [0.05, 0.1) is 6.04 Å². The van der Waals surface area contributed by atoms with Crippen molar-refractivity contribution in [3.63, 3.8) is 0 Å². The van der Waals surface area contributed by atoms with Crippen LogP contribution in [0.1, 0.15) is 0 Å². The van der Waals surface area contributed by atoms with Crippen LogP contribution in [-0.4, -0.2) is 12.1 Å². The third-order valence-electron chi connectivity index (χ3n) is 1.64. The molecule has 1 aliphatic heterocycles. The van der Waals surface area contributed by atoms with E-state index in [0.717, 1.165) is 5.57 Å². The average Bonchev–Trinajstić information content (AvgIpc) is 2.04. The average molecular weight is 149 g/mol. The van der Waals surface area contributed by atoms with Crippen molar-refractivity contribution >= 4 is 6.09 Å². The van der Waals surface area contributed by atoms with E-state index < -0.39 is 6.09 Å². The van der Waals surface area contributed by atoms with E-state index in [9.17, 15) is 4.79 Å². The molecule has 0 aromatic carbocycles. The molecule has 2 aliphatic rings. The first-order valence-electron chi connectivity index (χ1n) is 3.38. The second-order valence-corrected chi connectivity index (χ2v) is 2.39. The Morgan fingerprint density at radius 2 is 2.36 bits per heavy atom. The third-order valence-corrected chi connectivity index (χ3v) is 1.64. The first-order chi connectivity index (χ1) is 5.36. The monoisotopic (exact) mass is 149 g/mol. The Balaban J connectivity index is 2.30. The topological polar surface area (TPSA) is 38.3 Å². The summed E-state index contributed by atoms with van der Waals surface area (Å²) < 4.78 is 4.65. The van der Waals surface area contributed by atoms with Crippen LogP contribution >= 0.6 is 0 Å². The van der Waals surface area contributed by atoms with E-state index in [-0.39, 0.29) is 6.04 Å². The van der Waals surface area contributed by atoms with Gasteiger partial charge in [0.15, 0.2) is 0 Å². The van der Waals surface area contributed by atoms with Crippen LogP contribution in [0.25, 0.3) is 0 Å². The van der Waals surface area contributed by atoms with Crippen LogP contribution < -0.4 is 5.32 Å². The highest BCUT2D eigenvalue weighted by Gasteiger charge is 2.19. The molecule has 0 bridgehead atoms. The maximum Gasteiger partial charge on any atom is 0.412 e. The molecule has 3 heteroatoms. The normalized spacial score (nSPS) is 26.7. The highest BCUT2D eigenvalue weighted by Crippen LogP contribution is 2.14. The summed E-state index contributed by atoms with van der Waals surface area (Å²) in [6, 6.07) is 0.00116. The second kappa shape index (κ2) is 2.27. The molecule has 3 nitrogen and oxygen atoms in total. The summed E-state index contributed by atoms with van der Waals surface area (Å²) in [6.45, 7) is 0. The molecule has 11 heavy (non-hydrogen) atoms. The number of fused-ring (bicyclic) bond motifs is 1. The number of cyclic esters (lactones) is 1. The van der Waals surface area contributed by atoms with Crippen LogP contribution in [0.4, 0.5) is 4.79 Å². The number of rotatable bonds is 0. The number of allylic oxidation sites excluding steroid dienone is 2. The Morgan fingerprint density at radius 3 is 3.27 bits per heavy atom. The van der Waals surface area contributed by atoms with Gasteiger partial charge in [-0.1, -0.05) is 24.3 Å². The zero-order chi connectivity index (χ0) is 7.68. The number of hydrogen-bond acceptors (Lipinski definition) is 2. The molecular weight excluding hydrogens is 142 g/mol. The van der Waals surface area contributed by atoms with Gasteiger partial charge in [0.1, 0.15) is 6.26 Å². The molecule has 2 rings (SSSR count). The Labute approximate surface area is 64.0 Å². The standard InChI is InChI=1S/C8H7NO2/c10-8-9-7-4-2-1-3-6(7)5-11-8/h1-5,7H,(H,9,10). The Hall–Kier alpha value is -1.51. The van der Waals surface area contributed by atoms with Crippen molar-refractivity contribution in [3.8, 4) is 0 Å². The van der Waals surface area contributed by atoms with Crippen molar-refractivity contribution in [2.45, 2.75) is 6.04 Å². The lowest BCUT2D eigenvalue weighted by atomic mass is 10.0. The number of alkyl carbamates (subject to hydrolysis) is 1. The molecule has 1 amide bonds. The summed E-state index contributed by atoms with van der Waals surface area (Å²) in [4.78, 5) is 10.7. The number of amides is 1. The predicted octanol–water partition coefficient (Wildman–Crippen LogP) is 1.10. The highest BCUT2D eigenvalue weighted by atomic mass is 16.5. The zero-order valence-corrected chi connectivity index (χ0v) is 5.78. The molecule has 0 saturated heterocycles. The first kappa shape index (κ1) is 6.22. The predicted molar refractivity (Wildman–Crippen MR) is 39.8 cm³/mol. The van der Waals surface area contributed by atoms with Crippen LogP contribution in [0.15, 0.2) is 36.1 Å². The molecule has 0 radical (unpaired) electrons. The van der Waals surface area contributed by atoms with Gasteiger partial charge < -0.3 is 10.1 Å². The molecule has 0 saturated carbocycles. The zero-order valence-electron chi connectivity index (χ0n) is 5.78. The van der Waals surface area contributed by atoms with Crippen molar-refractivity contribution in [3.05, 3.63) is 36.1 Å². The largest absolute Gasteiger partial charge is 0.418 e. The summed E-state index contributed by atoms with van der Waals surface area (Å²) >= 11 is 0. The van der Waals surface area contributed by atoms with Gasteiger partial charge >= 0.3 is 6.09 Å². The lowest BCUT2D eigenvalue weighted by Gasteiger charge is -2.21. The van der Waals surface area contributed by atoms with E-state index in [1.54, 1.807) is 0 Å². The summed E-state index contributed by atoms with van der Waals surface area (Å²) in [6.07, 6.45) is 8.70. The fourth-order valence-electron chi connectivity index (χ4n) is 1.08. The Morgan fingerprint density at radius 1 is 1.45 bits per heavy atom. The quantitative estimate of drug-likeness (QED) is 0.560. The molecule has 0 fully saturated rings. The molecular formula is C8H7NO2. The van der Waals surface area contributed by atoms with Crippen molar-refractivity contribution in [1.82, 2.24) is 5.32 Å². The molecule has 1 heterocycles. The van der Waals surface area contributed by atoms with Gasteiger partial charge in [-0.05, 0) is 0 Å². The summed E-state index contributed by atoms with van der Waals surface area (Å²) in [7, 11) is 0. The van der Waals surface area contributed by atoms with Gasteiger partial charge in [-0.25, -0.2) is 4.79 Å². The van der Waals surface area contributed by atoms with E-state index in [1.807, 2.05) is 24.3 Å². The molecule has 0 spiro atoms. The van der Waals surface area contributed by atoms with E-state index in [4.69, 9.17) is 0 Å². The summed E-state index contributed by atoms with van der Waals surface area (Å²) in [5.74, 6) is 0. The smallest absolute Gasteiger partial charge is 0.412 e. The van der Waals surface area contributed by atoms with Crippen molar-refractivity contribution < 1.29 is 9.53 Å². The maximum absolute atomic E-state index is 10.7. The van der Waals surface area contributed by atoms with E-state index >= 15 is 0 Å². The van der Waals surface area contributed by atoms with Gasteiger partial charge in [0.25, 0.3) is 0 Å². The van der Waals surface area contributed by atoms with Crippen LogP contribution in [0.5, 0.6) is 0 Å². The fraction of sp³-hybridized carbons (Fsp3) is 0.125. The lowest BCUT2D eigenvalue weighted by Crippen LogP contribution is -2.38. The number of nitrogens with one attached hydrogen (secondary N) is 1. The van der Waals surface area contributed by atoms with Crippen LogP contribution in [0.2, 0.25) is 0 Å². The van der Waals surface area contributed by atoms with Crippen LogP contribution in [0, 0.1) is 0 Å². The maximum atomic E-state index is 10.7. The van der Waals surface area contributed by atoms with Crippen molar-refractivity contribution in [2.75, 3.05) is 0 Å². The molecule has 56 valence electrons. The number of carbonyl (C=O) groups excluding carboxylic acids is 1. The number of hydrogen-bond donors (Lipinski definition) is 1. The van der Waals surface area contributed by atoms with Crippen LogP contribution in [-0.2, 0) is 4.74 Å². The minimum atomic E-state index is -0.390. The van der Waals surface area contributed by atoms with E-state index in [2.05, 4.69) is 10.1 Å².